The van der Waals surface area contributed by atoms with Crippen molar-refractivity contribution < 1.29 is 14.0 Å². The molecule has 9 nitrogen and oxygen atoms in total. The van der Waals surface area contributed by atoms with Gasteiger partial charge in [0.05, 0.1) is 32.7 Å². The van der Waals surface area contributed by atoms with Crippen LogP contribution in [0.2, 0.25) is 0 Å². The highest BCUT2D eigenvalue weighted by molar-refractivity contribution is 7.17. The number of aromatic nitrogens is 6. The predicted octanol–water partition coefficient (Wildman–Crippen LogP) is 6.62. The van der Waals surface area contributed by atoms with Gasteiger partial charge in [0.1, 0.15) is 22.7 Å². The average molecular weight is 554 g/mol. The van der Waals surface area contributed by atoms with Crippen molar-refractivity contribution in [2.45, 2.75) is 27.2 Å². The molecule has 0 saturated carbocycles. The Balaban J connectivity index is 1.40. The molecule has 0 fully saturated rings. The van der Waals surface area contributed by atoms with E-state index in [0.717, 1.165) is 10.4 Å². The number of halogens is 1. The number of hydrogen-bond acceptors (Lipinski definition) is 7. The fourth-order valence-electron chi connectivity index (χ4n) is 4.56. The van der Waals surface area contributed by atoms with Crippen molar-refractivity contribution >= 4 is 50.7 Å². The van der Waals surface area contributed by atoms with Crippen LogP contribution in [0.4, 0.5) is 10.1 Å². The molecular formula is C29H24FN7O2S. The van der Waals surface area contributed by atoms with Crippen LogP contribution in [-0.2, 0) is 4.79 Å². The highest BCUT2D eigenvalue weighted by Crippen LogP contribution is 2.35. The van der Waals surface area contributed by atoms with Crippen molar-refractivity contribution in [2.75, 3.05) is 5.32 Å². The molecule has 0 aliphatic heterocycles. The number of pyridine rings is 2. The lowest BCUT2D eigenvalue weighted by Gasteiger charge is -2.09. The molecule has 40 heavy (non-hydrogen) atoms. The summed E-state index contributed by atoms with van der Waals surface area (Å²) in [7, 11) is 0. The minimum absolute atomic E-state index is 0.00385. The predicted molar refractivity (Wildman–Crippen MR) is 154 cm³/mol. The maximum atomic E-state index is 15.2. The van der Waals surface area contributed by atoms with Gasteiger partial charge in [-0.15, -0.1) is 11.3 Å². The number of H-pyrrole nitrogens is 2. The molecule has 0 unspecified atom stereocenters. The zero-order chi connectivity index (χ0) is 28.0. The van der Waals surface area contributed by atoms with Gasteiger partial charge in [0.15, 0.2) is 11.6 Å². The number of thiophene rings is 1. The van der Waals surface area contributed by atoms with Crippen molar-refractivity contribution in [3.63, 3.8) is 0 Å². The van der Waals surface area contributed by atoms with E-state index in [0.29, 0.717) is 61.7 Å². The summed E-state index contributed by atoms with van der Waals surface area (Å²) in [6, 6.07) is 10.3. The van der Waals surface area contributed by atoms with Gasteiger partial charge in [-0.1, -0.05) is 13.8 Å². The first-order chi connectivity index (χ1) is 19.3. The number of fused-ring (bicyclic) bond motifs is 2. The molecule has 1 amide bonds. The molecule has 1 aromatic carbocycles. The van der Waals surface area contributed by atoms with Crippen LogP contribution in [0.5, 0.6) is 0 Å². The fraction of sp³-hybridized carbons (Fsp3) is 0.172. The number of hydrogen-bond donors (Lipinski definition) is 3. The quantitative estimate of drug-likeness (QED) is 0.191. The van der Waals surface area contributed by atoms with Crippen molar-refractivity contribution in [3.8, 4) is 33.2 Å². The number of benzene rings is 1. The van der Waals surface area contributed by atoms with Crippen LogP contribution in [0, 0.1) is 11.7 Å². The van der Waals surface area contributed by atoms with Crippen LogP contribution in [0.25, 0.3) is 55.2 Å². The van der Waals surface area contributed by atoms with Gasteiger partial charge in [-0.3, -0.25) is 24.7 Å². The Kier molecular flexibility index (Phi) is 6.43. The van der Waals surface area contributed by atoms with Gasteiger partial charge in [0, 0.05) is 41.4 Å². The maximum absolute atomic E-state index is 15.2. The molecule has 11 heteroatoms. The van der Waals surface area contributed by atoms with Gasteiger partial charge in [0.2, 0.25) is 5.91 Å². The lowest BCUT2D eigenvalue weighted by Crippen LogP contribution is -2.14. The van der Waals surface area contributed by atoms with Gasteiger partial charge in [-0.2, -0.15) is 5.10 Å². The average Bonchev–Trinajstić information content (AvgIpc) is 3.65. The molecule has 0 bridgehead atoms. The first-order valence-corrected chi connectivity index (χ1v) is 13.5. The molecule has 3 N–H and O–H groups in total. The minimum atomic E-state index is -0.453. The van der Waals surface area contributed by atoms with Crippen molar-refractivity contribution in [2.24, 2.45) is 5.92 Å². The van der Waals surface area contributed by atoms with E-state index in [9.17, 15) is 9.59 Å². The number of amides is 1. The first kappa shape index (κ1) is 25.5. The van der Waals surface area contributed by atoms with Crippen molar-refractivity contribution in [3.05, 3.63) is 65.7 Å². The Morgan fingerprint density at radius 2 is 1.93 bits per heavy atom. The van der Waals surface area contributed by atoms with Crippen LogP contribution in [-0.4, -0.2) is 41.8 Å². The van der Waals surface area contributed by atoms with E-state index in [-0.39, 0.29) is 17.6 Å². The monoisotopic (exact) mass is 553 g/mol. The summed E-state index contributed by atoms with van der Waals surface area (Å²) in [4.78, 5) is 42.4. The molecule has 0 saturated heterocycles. The van der Waals surface area contributed by atoms with Gasteiger partial charge in [0.25, 0.3) is 0 Å². The summed E-state index contributed by atoms with van der Waals surface area (Å²) < 4.78 is 15.2. The Hall–Kier alpha value is -4.77. The summed E-state index contributed by atoms with van der Waals surface area (Å²) in [5.41, 5.74) is 4.41. The molecular weight excluding hydrogens is 529 g/mol. The summed E-state index contributed by atoms with van der Waals surface area (Å²) in [5, 5.41) is 10.8. The van der Waals surface area contributed by atoms with Crippen molar-refractivity contribution in [1.29, 1.82) is 0 Å². The number of nitrogens with one attached hydrogen (secondary N) is 3. The van der Waals surface area contributed by atoms with Crippen LogP contribution in [0.1, 0.15) is 36.9 Å². The number of rotatable bonds is 7. The number of nitrogens with zero attached hydrogens (tertiary/aromatic N) is 4. The molecule has 0 atom stereocenters. The number of ketones is 1. The molecule has 0 radical (unpaired) electrons. The third-order valence-electron chi connectivity index (χ3n) is 6.39. The molecule has 200 valence electrons. The van der Waals surface area contributed by atoms with Crippen molar-refractivity contribution in [1.82, 2.24) is 30.1 Å². The second-order valence-corrected chi connectivity index (χ2v) is 11.0. The summed E-state index contributed by atoms with van der Waals surface area (Å²) in [6.07, 6.45) is 5.15. The Bertz CT molecular complexity index is 1920. The maximum Gasteiger partial charge on any atom is 0.224 e. The molecule has 0 aliphatic carbocycles. The normalized spacial score (nSPS) is 11.5. The first-order valence-electron chi connectivity index (χ1n) is 12.7. The van der Waals surface area contributed by atoms with Gasteiger partial charge in [-0.25, -0.2) is 9.37 Å². The number of aromatic amines is 2. The zero-order valence-corrected chi connectivity index (χ0v) is 22.7. The molecule has 5 heterocycles. The second kappa shape index (κ2) is 10.1. The second-order valence-electron chi connectivity index (χ2n) is 9.92. The van der Waals surface area contributed by atoms with E-state index in [1.165, 1.54) is 30.5 Å². The fourth-order valence-corrected chi connectivity index (χ4v) is 5.46. The number of carbonyl (C=O) groups is 2. The van der Waals surface area contributed by atoms with Gasteiger partial charge >= 0.3 is 0 Å². The topological polar surface area (TPSA) is 129 Å². The Labute approximate surface area is 231 Å². The van der Waals surface area contributed by atoms with Crippen LogP contribution in [0.15, 0.2) is 55.0 Å². The number of carbonyl (C=O) groups excluding carboxylic acids is 2. The number of anilines is 1. The highest BCUT2D eigenvalue weighted by atomic mass is 32.1. The molecule has 6 aromatic rings. The van der Waals surface area contributed by atoms with E-state index in [4.69, 9.17) is 4.98 Å². The number of Topliss-reactive ketones (excluding diaryl/α,β-unsaturated/α-hetero) is 1. The highest BCUT2D eigenvalue weighted by Gasteiger charge is 2.19. The lowest BCUT2D eigenvalue weighted by atomic mass is 10.0. The Morgan fingerprint density at radius 1 is 1.07 bits per heavy atom. The van der Waals surface area contributed by atoms with Crippen LogP contribution < -0.4 is 5.32 Å². The summed E-state index contributed by atoms with van der Waals surface area (Å²) in [5.74, 6) is 0.120. The van der Waals surface area contributed by atoms with E-state index in [2.05, 4.69) is 30.5 Å². The molecule has 0 aliphatic rings. The largest absolute Gasteiger partial charge is 0.336 e. The van der Waals surface area contributed by atoms with Gasteiger partial charge < -0.3 is 10.3 Å². The van der Waals surface area contributed by atoms with E-state index in [1.54, 1.807) is 30.6 Å². The van der Waals surface area contributed by atoms with E-state index in [1.807, 2.05) is 26.0 Å². The van der Waals surface area contributed by atoms with Gasteiger partial charge in [-0.05, 0) is 43.2 Å². The molecule has 0 spiro atoms. The Morgan fingerprint density at radius 3 is 2.70 bits per heavy atom. The third-order valence-corrected chi connectivity index (χ3v) is 7.58. The lowest BCUT2D eigenvalue weighted by molar-refractivity contribution is -0.116. The van der Waals surface area contributed by atoms with Crippen LogP contribution in [0.3, 0.4) is 0 Å². The van der Waals surface area contributed by atoms with E-state index < -0.39 is 5.82 Å². The third kappa shape index (κ3) is 4.75. The summed E-state index contributed by atoms with van der Waals surface area (Å²) in [6.45, 7) is 5.46. The van der Waals surface area contributed by atoms with E-state index >= 15 is 4.39 Å². The summed E-state index contributed by atoms with van der Waals surface area (Å²) >= 11 is 1.37. The smallest absolute Gasteiger partial charge is 0.224 e. The molecule has 5 aromatic heterocycles. The molecule has 6 rings (SSSR count). The van der Waals surface area contributed by atoms with Crippen LogP contribution >= 0.6 is 11.3 Å². The standard InChI is InChI=1S/C29H24FN7O2S/c1-14(2)8-25(39)33-17-9-16(12-31-13-17)18-10-19-22(11-20(18)30)36-37-26(19)29-34-21-6-7-32-28(27(21)35-29)24-5-4-23(40-24)15(3)38/h4-7,9-14H,8H2,1-3H3,(H,33,39)(H,34,35)(H,36,37). The number of imidazole rings is 1. The zero-order valence-electron chi connectivity index (χ0n) is 21.9. The minimum Gasteiger partial charge on any atom is -0.336 e. The SMILES string of the molecule is CC(=O)c1ccc(-c2nccc3[nH]c(-c4n[nH]c5cc(F)c(-c6cncc(NC(=O)CC(C)C)c6)cc45)nc23)s1.